The van der Waals surface area contributed by atoms with Gasteiger partial charge in [-0.15, -0.1) is 41.4 Å². The van der Waals surface area contributed by atoms with Crippen LogP contribution < -0.4 is 14.5 Å². The molecule has 6 heteroatoms. The van der Waals surface area contributed by atoms with Gasteiger partial charge in [-0.05, 0) is 159 Å². The fraction of sp³-hybridized carbons (Fsp3) is 0.176. The Morgan fingerprint density at radius 1 is 0.596 bits per heavy atom. The van der Waals surface area contributed by atoms with Gasteiger partial charge in [0, 0.05) is 55.7 Å². The first kappa shape index (κ1) is 38.2. The van der Waals surface area contributed by atoms with E-state index in [0.29, 0.717) is 11.5 Å². The molecule has 1 aliphatic rings. The molecule has 0 unspecified atom stereocenters. The Morgan fingerprint density at radius 2 is 1.28 bits per heavy atom. The standard InChI is InChI=1S/C51H45N4O.Pt/c1-30-23-31(2)50(32(3)24-30)38-17-20-46-48(25-38)54(29-53(46)9)40-13-12-14-41(27-40)56-42-18-19-44-43-15-10-11-16-45(43)55(47(44)28-42)49-26-39(21-22-52-49)51-36(7)34(5)33(4)35(6)37(51)8;/h10-26,29H,1-9H3;/q-3;. The van der Waals surface area contributed by atoms with Gasteiger partial charge in [0.2, 0.25) is 0 Å². The predicted molar refractivity (Wildman–Crippen MR) is 233 cm³/mol. The summed E-state index contributed by atoms with van der Waals surface area (Å²) < 4.78 is 8.80. The summed E-state index contributed by atoms with van der Waals surface area (Å²) >= 11 is 0. The number of para-hydroxylation sites is 1. The molecule has 0 atom stereocenters. The first-order chi connectivity index (χ1) is 27.0. The number of nitrogens with zero attached hydrogens (tertiary/aromatic N) is 4. The summed E-state index contributed by atoms with van der Waals surface area (Å²) in [7, 11) is 2.08. The van der Waals surface area contributed by atoms with Crippen molar-refractivity contribution in [2.24, 2.45) is 0 Å². The first-order valence-corrected chi connectivity index (χ1v) is 19.3. The number of fused-ring (bicyclic) bond motifs is 4. The van der Waals surface area contributed by atoms with E-state index in [1.165, 1.54) is 61.2 Å². The van der Waals surface area contributed by atoms with Gasteiger partial charge in [-0.3, -0.25) is 0 Å². The monoisotopic (exact) mass is 924 g/mol. The summed E-state index contributed by atoms with van der Waals surface area (Å²) in [4.78, 5) is 9.29. The number of benzene rings is 6. The van der Waals surface area contributed by atoms with E-state index in [-0.39, 0.29) is 21.1 Å². The van der Waals surface area contributed by atoms with Crippen LogP contribution in [0.25, 0.3) is 49.9 Å². The molecule has 6 aromatic carbocycles. The van der Waals surface area contributed by atoms with Crippen molar-refractivity contribution in [1.82, 2.24) is 9.55 Å². The van der Waals surface area contributed by atoms with Crippen molar-refractivity contribution in [2.75, 3.05) is 16.8 Å². The Bertz CT molecular complexity index is 2840. The molecule has 1 aliphatic heterocycles. The van der Waals surface area contributed by atoms with Crippen LogP contribution >= 0.6 is 0 Å². The van der Waals surface area contributed by atoms with E-state index in [1.54, 1.807) is 0 Å². The van der Waals surface area contributed by atoms with Crippen LogP contribution in [-0.4, -0.2) is 16.6 Å². The zero-order chi connectivity index (χ0) is 39.0. The summed E-state index contributed by atoms with van der Waals surface area (Å²) in [5.41, 5.74) is 20.5. The second kappa shape index (κ2) is 14.7. The molecule has 0 N–H and O–H groups in total. The number of anilines is 3. The van der Waals surface area contributed by atoms with Gasteiger partial charge in [0.25, 0.3) is 0 Å². The molecule has 0 aliphatic carbocycles. The average Bonchev–Trinajstić information content (AvgIpc) is 3.70. The van der Waals surface area contributed by atoms with Crippen LogP contribution in [0.4, 0.5) is 17.1 Å². The maximum absolute atomic E-state index is 6.59. The van der Waals surface area contributed by atoms with Gasteiger partial charge in [-0.2, -0.15) is 18.8 Å². The third-order valence-electron chi connectivity index (χ3n) is 11.9. The predicted octanol–water partition coefficient (Wildman–Crippen LogP) is 13.1. The van der Waals surface area contributed by atoms with Crippen molar-refractivity contribution in [1.29, 1.82) is 0 Å². The molecule has 3 heterocycles. The molecule has 0 saturated heterocycles. The number of pyridine rings is 1. The van der Waals surface area contributed by atoms with Crippen LogP contribution in [0.15, 0.2) is 103 Å². The molecule has 288 valence electrons. The van der Waals surface area contributed by atoms with Crippen molar-refractivity contribution in [3.8, 4) is 39.6 Å². The number of hydrogen-bond donors (Lipinski definition) is 0. The average molecular weight is 925 g/mol. The number of aromatic nitrogens is 2. The Morgan fingerprint density at radius 3 is 2.04 bits per heavy atom. The topological polar surface area (TPSA) is 33.5 Å². The minimum atomic E-state index is 0. The fourth-order valence-corrected chi connectivity index (χ4v) is 8.85. The molecule has 9 rings (SSSR count). The zero-order valence-corrected chi connectivity index (χ0v) is 36.2. The molecule has 0 radical (unpaired) electrons. The second-order valence-electron chi connectivity index (χ2n) is 15.4. The molecule has 2 aromatic heterocycles. The van der Waals surface area contributed by atoms with Gasteiger partial charge < -0.3 is 19.1 Å². The summed E-state index contributed by atoms with van der Waals surface area (Å²) in [6.45, 7) is 19.8. The fourth-order valence-electron chi connectivity index (χ4n) is 8.85. The van der Waals surface area contributed by atoms with Crippen molar-refractivity contribution in [2.45, 2.75) is 55.4 Å². The molecule has 0 spiro atoms. The van der Waals surface area contributed by atoms with Gasteiger partial charge in [0.1, 0.15) is 5.82 Å². The Labute approximate surface area is 350 Å². The Balaban J connectivity index is 0.00000455. The zero-order valence-electron chi connectivity index (χ0n) is 33.9. The van der Waals surface area contributed by atoms with Gasteiger partial charge in [-0.1, -0.05) is 47.5 Å². The maximum Gasteiger partial charge on any atom is 0.136 e. The van der Waals surface area contributed by atoms with Crippen LogP contribution in [0.2, 0.25) is 0 Å². The normalized spacial score (nSPS) is 12.4. The van der Waals surface area contributed by atoms with E-state index in [4.69, 9.17) is 9.72 Å². The minimum absolute atomic E-state index is 0. The Hall–Kier alpha value is -5.64. The molecule has 5 nitrogen and oxygen atoms in total. The summed E-state index contributed by atoms with van der Waals surface area (Å²) in [5.74, 6) is 2.06. The third kappa shape index (κ3) is 6.43. The Kier molecular flexibility index (Phi) is 9.86. The number of ether oxygens (including phenoxy) is 1. The van der Waals surface area contributed by atoms with Gasteiger partial charge in [0.15, 0.2) is 0 Å². The van der Waals surface area contributed by atoms with Crippen molar-refractivity contribution < 1.29 is 25.8 Å². The van der Waals surface area contributed by atoms with Crippen LogP contribution in [0.1, 0.15) is 44.5 Å². The van der Waals surface area contributed by atoms with Crippen LogP contribution in [0, 0.1) is 74.2 Å². The molecule has 57 heavy (non-hydrogen) atoms. The van der Waals surface area contributed by atoms with Crippen LogP contribution in [-0.2, 0) is 21.1 Å². The van der Waals surface area contributed by atoms with E-state index < -0.39 is 0 Å². The van der Waals surface area contributed by atoms with Crippen molar-refractivity contribution in [3.63, 3.8) is 0 Å². The molecule has 0 saturated carbocycles. The largest absolute Gasteiger partial charge is 0.509 e. The van der Waals surface area contributed by atoms with E-state index in [9.17, 15) is 0 Å². The van der Waals surface area contributed by atoms with Gasteiger partial charge in [-0.25, -0.2) is 4.98 Å². The summed E-state index contributed by atoms with van der Waals surface area (Å²) in [5, 5.41) is 2.23. The molecular weight excluding hydrogens is 880 g/mol. The summed E-state index contributed by atoms with van der Waals surface area (Å²) in [6, 6.07) is 41.4. The molecule has 8 aromatic rings. The van der Waals surface area contributed by atoms with E-state index in [1.807, 2.05) is 24.4 Å². The molecule has 0 fully saturated rings. The van der Waals surface area contributed by atoms with E-state index in [2.05, 4.69) is 174 Å². The molecular formula is C51H45N4OPt-3. The molecule has 0 amide bonds. The SMILES string of the molecule is Cc1cc(C)c(-c2ccc3c(c2)N(c2[c-]c(Oc4[c-]c5c(cc4)c4ccccc4n5-c4cc(-c5c(C)c(C)c(C)c(C)c5C)ccn4)ccc2)[CH-]N3C)c(C)c1.[Pt]. The van der Waals surface area contributed by atoms with E-state index in [0.717, 1.165) is 50.2 Å². The summed E-state index contributed by atoms with van der Waals surface area (Å²) in [6.07, 6.45) is 1.92. The first-order valence-electron chi connectivity index (χ1n) is 19.3. The third-order valence-corrected chi connectivity index (χ3v) is 11.9. The number of hydrogen-bond acceptors (Lipinski definition) is 4. The minimum Gasteiger partial charge on any atom is -0.509 e. The second-order valence-corrected chi connectivity index (χ2v) is 15.4. The van der Waals surface area contributed by atoms with Crippen molar-refractivity contribution in [3.05, 3.63) is 167 Å². The van der Waals surface area contributed by atoms with Crippen LogP contribution in [0.5, 0.6) is 11.5 Å². The van der Waals surface area contributed by atoms with Gasteiger partial charge in [0.05, 0.1) is 0 Å². The number of aryl methyl sites for hydroxylation is 3. The maximum atomic E-state index is 6.59. The van der Waals surface area contributed by atoms with Gasteiger partial charge >= 0.3 is 0 Å². The molecule has 0 bridgehead atoms. The van der Waals surface area contributed by atoms with E-state index >= 15 is 0 Å². The smallest absolute Gasteiger partial charge is 0.136 e. The quantitative estimate of drug-likeness (QED) is 0.156. The number of rotatable bonds is 6. The van der Waals surface area contributed by atoms with Crippen LogP contribution in [0.3, 0.4) is 0 Å². The van der Waals surface area contributed by atoms with Crippen molar-refractivity contribution >= 4 is 38.9 Å².